The van der Waals surface area contributed by atoms with Gasteiger partial charge >= 0.3 is 0 Å². The highest BCUT2D eigenvalue weighted by molar-refractivity contribution is 7.99. The van der Waals surface area contributed by atoms with Crippen LogP contribution in [0.4, 0.5) is 0 Å². The van der Waals surface area contributed by atoms with E-state index in [0.717, 1.165) is 31.0 Å². The average molecular weight is 327 g/mol. The first-order valence-corrected chi connectivity index (χ1v) is 8.86. The molecule has 1 aliphatic rings. The van der Waals surface area contributed by atoms with Crippen LogP contribution in [0, 0.1) is 0 Å². The maximum Gasteiger partial charge on any atom is 0.223 e. The van der Waals surface area contributed by atoms with Crippen molar-refractivity contribution in [2.24, 2.45) is 0 Å². The topological polar surface area (TPSA) is 29.5 Å². The second-order valence-corrected chi connectivity index (χ2v) is 6.78. The molecule has 0 radical (unpaired) electrons. The molecule has 3 nitrogen and oxygen atoms in total. The van der Waals surface area contributed by atoms with Gasteiger partial charge in [0.25, 0.3) is 0 Å². The van der Waals surface area contributed by atoms with Gasteiger partial charge in [-0.05, 0) is 41.8 Å². The highest BCUT2D eigenvalue weighted by atomic mass is 32.2. The third-order valence-electron chi connectivity index (χ3n) is 4.13. The van der Waals surface area contributed by atoms with Gasteiger partial charge in [0.05, 0.1) is 7.11 Å². The van der Waals surface area contributed by atoms with Gasteiger partial charge in [-0.15, -0.1) is 11.8 Å². The van der Waals surface area contributed by atoms with E-state index in [1.807, 2.05) is 35.2 Å². The van der Waals surface area contributed by atoms with Crippen LogP contribution in [0.3, 0.4) is 0 Å². The van der Waals surface area contributed by atoms with Crippen LogP contribution in [0.1, 0.15) is 17.5 Å². The molecule has 0 bridgehead atoms. The number of nitrogens with zero attached hydrogens (tertiary/aromatic N) is 1. The van der Waals surface area contributed by atoms with E-state index in [4.69, 9.17) is 4.74 Å². The lowest BCUT2D eigenvalue weighted by Gasteiger charge is -2.28. The van der Waals surface area contributed by atoms with Gasteiger partial charge in [-0.3, -0.25) is 4.79 Å². The minimum Gasteiger partial charge on any atom is -0.497 e. The van der Waals surface area contributed by atoms with Crippen molar-refractivity contribution in [1.82, 2.24) is 4.90 Å². The minimum absolute atomic E-state index is 0.250. The molecule has 0 unspecified atom stereocenters. The van der Waals surface area contributed by atoms with Gasteiger partial charge in [0.1, 0.15) is 5.75 Å². The Kier molecular flexibility index (Phi) is 5.23. The number of methoxy groups -OCH3 is 1. The van der Waals surface area contributed by atoms with Crippen LogP contribution in [0.2, 0.25) is 0 Å². The summed E-state index contributed by atoms with van der Waals surface area (Å²) in [6, 6.07) is 16.4. The van der Waals surface area contributed by atoms with Gasteiger partial charge in [0.2, 0.25) is 5.91 Å². The molecule has 0 atom stereocenters. The number of hydrogen-bond acceptors (Lipinski definition) is 3. The Labute approximate surface area is 141 Å². The van der Waals surface area contributed by atoms with Gasteiger partial charge in [-0.1, -0.05) is 24.3 Å². The summed E-state index contributed by atoms with van der Waals surface area (Å²) >= 11 is 1.71. The predicted molar refractivity (Wildman–Crippen MR) is 93.9 cm³/mol. The number of hydrogen-bond donors (Lipinski definition) is 0. The normalized spacial score (nSPS) is 13.5. The number of fused-ring (bicyclic) bond motifs is 1. The van der Waals surface area contributed by atoms with Gasteiger partial charge in [0.15, 0.2) is 0 Å². The molecule has 0 saturated carbocycles. The molecule has 0 spiro atoms. The molecule has 2 aromatic rings. The first-order valence-electron chi connectivity index (χ1n) is 7.87. The Morgan fingerprint density at radius 2 is 1.87 bits per heavy atom. The number of ether oxygens (including phenoxy) is 1. The molecule has 1 heterocycles. The van der Waals surface area contributed by atoms with Crippen LogP contribution in [0.5, 0.6) is 5.75 Å². The standard InChI is InChI=1S/C19H21NO2S/c1-22-17-6-8-18(9-7-17)23-13-11-19(21)20-12-10-15-4-2-3-5-16(15)14-20/h2-9H,10-14H2,1H3. The van der Waals surface area contributed by atoms with Crippen LogP contribution in [0.15, 0.2) is 53.4 Å². The molecular weight excluding hydrogens is 306 g/mol. The average Bonchev–Trinajstić information content (AvgIpc) is 2.61. The van der Waals surface area contributed by atoms with Gasteiger partial charge in [-0.2, -0.15) is 0 Å². The maximum atomic E-state index is 12.4. The summed E-state index contributed by atoms with van der Waals surface area (Å²) in [6.07, 6.45) is 1.55. The lowest BCUT2D eigenvalue weighted by molar-refractivity contribution is -0.131. The Morgan fingerprint density at radius 1 is 1.13 bits per heavy atom. The molecule has 4 heteroatoms. The maximum absolute atomic E-state index is 12.4. The lowest BCUT2D eigenvalue weighted by atomic mass is 10.00. The quantitative estimate of drug-likeness (QED) is 0.783. The number of carbonyl (C=O) groups is 1. The molecule has 2 aromatic carbocycles. The molecule has 0 aromatic heterocycles. The van der Waals surface area contributed by atoms with Crippen LogP contribution >= 0.6 is 11.8 Å². The Morgan fingerprint density at radius 3 is 2.61 bits per heavy atom. The van der Waals surface area contributed by atoms with Gasteiger partial charge < -0.3 is 9.64 Å². The fourth-order valence-electron chi connectivity index (χ4n) is 2.79. The van der Waals surface area contributed by atoms with Crippen molar-refractivity contribution < 1.29 is 9.53 Å². The van der Waals surface area contributed by atoms with Crippen LogP contribution in [0.25, 0.3) is 0 Å². The Bertz CT molecular complexity index is 669. The Balaban J connectivity index is 1.48. The van der Waals surface area contributed by atoms with E-state index in [1.165, 1.54) is 16.0 Å². The minimum atomic E-state index is 0.250. The smallest absolute Gasteiger partial charge is 0.223 e. The van der Waals surface area contributed by atoms with Crippen molar-refractivity contribution in [3.05, 3.63) is 59.7 Å². The SMILES string of the molecule is COc1ccc(SCCC(=O)N2CCc3ccccc3C2)cc1. The number of carbonyl (C=O) groups excluding carboxylic acids is 1. The van der Waals surface area contributed by atoms with E-state index < -0.39 is 0 Å². The summed E-state index contributed by atoms with van der Waals surface area (Å²) in [5.41, 5.74) is 2.67. The van der Waals surface area contributed by atoms with E-state index in [9.17, 15) is 4.79 Å². The number of benzene rings is 2. The molecule has 23 heavy (non-hydrogen) atoms. The third-order valence-corrected chi connectivity index (χ3v) is 5.14. The monoisotopic (exact) mass is 327 g/mol. The number of amides is 1. The largest absolute Gasteiger partial charge is 0.497 e. The van der Waals surface area contributed by atoms with Gasteiger partial charge in [0, 0.05) is 30.2 Å². The molecule has 0 N–H and O–H groups in total. The fourth-order valence-corrected chi connectivity index (χ4v) is 3.64. The van der Waals surface area contributed by atoms with E-state index in [1.54, 1.807) is 18.9 Å². The third kappa shape index (κ3) is 4.08. The molecule has 120 valence electrons. The predicted octanol–water partition coefficient (Wildman–Crippen LogP) is 3.76. The van der Waals surface area contributed by atoms with Crippen molar-refractivity contribution in [1.29, 1.82) is 0 Å². The summed E-state index contributed by atoms with van der Waals surface area (Å²) < 4.78 is 5.15. The lowest BCUT2D eigenvalue weighted by Crippen LogP contribution is -2.36. The summed E-state index contributed by atoms with van der Waals surface area (Å²) in [7, 11) is 1.66. The summed E-state index contributed by atoms with van der Waals surface area (Å²) in [5.74, 6) is 1.92. The van der Waals surface area contributed by atoms with E-state index in [2.05, 4.69) is 18.2 Å². The molecule has 1 aliphatic heterocycles. The van der Waals surface area contributed by atoms with Crippen LogP contribution in [-0.4, -0.2) is 30.2 Å². The molecule has 0 fully saturated rings. The van der Waals surface area contributed by atoms with E-state index >= 15 is 0 Å². The highest BCUT2D eigenvalue weighted by Crippen LogP contribution is 2.23. The van der Waals surface area contributed by atoms with Crippen molar-refractivity contribution in [3.8, 4) is 5.75 Å². The van der Waals surface area contributed by atoms with Crippen LogP contribution in [-0.2, 0) is 17.8 Å². The zero-order valence-corrected chi connectivity index (χ0v) is 14.1. The van der Waals surface area contributed by atoms with Crippen molar-refractivity contribution in [2.75, 3.05) is 19.4 Å². The highest BCUT2D eigenvalue weighted by Gasteiger charge is 2.19. The second kappa shape index (κ2) is 7.55. The number of thioether (sulfide) groups is 1. The molecular formula is C19H21NO2S. The molecule has 0 saturated heterocycles. The van der Waals surface area contributed by atoms with E-state index in [-0.39, 0.29) is 5.91 Å². The van der Waals surface area contributed by atoms with Crippen molar-refractivity contribution in [3.63, 3.8) is 0 Å². The van der Waals surface area contributed by atoms with Crippen LogP contribution < -0.4 is 4.74 Å². The molecule has 0 aliphatic carbocycles. The first kappa shape index (κ1) is 15.9. The van der Waals surface area contributed by atoms with Gasteiger partial charge in [-0.25, -0.2) is 0 Å². The van der Waals surface area contributed by atoms with Crippen molar-refractivity contribution in [2.45, 2.75) is 24.3 Å². The molecule has 1 amide bonds. The Hall–Kier alpha value is -1.94. The summed E-state index contributed by atoms with van der Waals surface area (Å²) in [4.78, 5) is 15.5. The fraction of sp³-hybridized carbons (Fsp3) is 0.316. The number of rotatable bonds is 5. The summed E-state index contributed by atoms with van der Waals surface area (Å²) in [5, 5.41) is 0. The summed E-state index contributed by atoms with van der Waals surface area (Å²) in [6.45, 7) is 1.59. The van der Waals surface area contributed by atoms with Crippen molar-refractivity contribution >= 4 is 17.7 Å². The molecule has 3 rings (SSSR count). The van der Waals surface area contributed by atoms with E-state index in [0.29, 0.717) is 6.42 Å². The zero-order valence-electron chi connectivity index (χ0n) is 13.3. The second-order valence-electron chi connectivity index (χ2n) is 5.61. The first-order chi connectivity index (χ1) is 11.3. The zero-order chi connectivity index (χ0) is 16.1.